The van der Waals surface area contributed by atoms with Crippen molar-refractivity contribution in [2.24, 2.45) is 5.10 Å². The highest BCUT2D eigenvalue weighted by Gasteiger charge is 2.04. The Kier molecular flexibility index (Phi) is 6.41. The predicted octanol–water partition coefficient (Wildman–Crippen LogP) is 4.10. The van der Waals surface area contributed by atoms with Gasteiger partial charge in [0.1, 0.15) is 12.4 Å². The lowest BCUT2D eigenvalue weighted by atomic mass is 10.2. The van der Waals surface area contributed by atoms with Gasteiger partial charge in [-0.25, -0.2) is 5.43 Å². The number of benzene rings is 3. The molecule has 3 aromatic carbocycles. The van der Waals surface area contributed by atoms with Gasteiger partial charge in [0, 0.05) is 25.3 Å². The van der Waals surface area contributed by atoms with Gasteiger partial charge in [0.05, 0.1) is 6.21 Å². The zero-order chi connectivity index (χ0) is 19.8. The Morgan fingerprint density at radius 1 is 1.00 bits per heavy atom. The van der Waals surface area contributed by atoms with Crippen molar-refractivity contribution < 1.29 is 9.53 Å². The number of rotatable bonds is 7. The Morgan fingerprint density at radius 3 is 2.46 bits per heavy atom. The maximum atomic E-state index is 12.2. The summed E-state index contributed by atoms with van der Waals surface area (Å²) in [6.45, 7) is 0.501. The second-order valence-electron chi connectivity index (χ2n) is 6.49. The minimum atomic E-state index is -0.252. The largest absolute Gasteiger partial charge is 0.489 e. The van der Waals surface area contributed by atoms with E-state index < -0.39 is 0 Å². The smallest absolute Gasteiger partial charge is 0.271 e. The minimum absolute atomic E-state index is 0.252. The summed E-state index contributed by atoms with van der Waals surface area (Å²) < 4.78 is 5.81. The van der Waals surface area contributed by atoms with E-state index in [9.17, 15) is 4.79 Å². The Hall–Kier alpha value is -3.60. The van der Waals surface area contributed by atoms with Gasteiger partial charge in [0.15, 0.2) is 0 Å². The van der Waals surface area contributed by atoms with E-state index in [4.69, 9.17) is 4.74 Å². The molecular weight excluding hydrogens is 350 g/mol. The molecule has 0 aliphatic rings. The maximum absolute atomic E-state index is 12.2. The molecule has 0 fully saturated rings. The molecule has 0 aliphatic carbocycles. The van der Waals surface area contributed by atoms with Crippen LogP contribution in [-0.4, -0.2) is 26.2 Å². The number of nitrogens with one attached hydrogen (secondary N) is 1. The molecule has 0 heterocycles. The molecule has 0 atom stereocenters. The minimum Gasteiger partial charge on any atom is -0.489 e. The lowest BCUT2D eigenvalue weighted by Crippen LogP contribution is -2.17. The number of ether oxygens (including phenoxy) is 1. The number of amides is 1. The van der Waals surface area contributed by atoms with Crippen molar-refractivity contribution in [3.05, 3.63) is 95.6 Å². The normalized spacial score (nSPS) is 10.6. The van der Waals surface area contributed by atoms with Crippen molar-refractivity contribution in [2.75, 3.05) is 19.0 Å². The molecule has 0 aliphatic heterocycles. The van der Waals surface area contributed by atoms with Crippen molar-refractivity contribution >= 4 is 17.8 Å². The molecule has 0 unspecified atom stereocenters. The first-order valence-electron chi connectivity index (χ1n) is 8.99. The Balaban J connectivity index is 1.55. The molecule has 5 heteroatoms. The van der Waals surface area contributed by atoms with Gasteiger partial charge in [-0.05, 0) is 47.5 Å². The third kappa shape index (κ3) is 5.45. The average molecular weight is 373 g/mol. The predicted molar refractivity (Wildman–Crippen MR) is 113 cm³/mol. The number of nitrogens with zero attached hydrogens (tertiary/aromatic N) is 2. The summed E-state index contributed by atoms with van der Waals surface area (Å²) in [5.74, 6) is 0.497. The number of carbonyl (C=O) groups is 1. The highest BCUT2D eigenvalue weighted by molar-refractivity contribution is 5.95. The Bertz CT molecular complexity index is 936. The summed E-state index contributed by atoms with van der Waals surface area (Å²) in [7, 11) is 3.91. The molecule has 0 bridgehead atoms. The molecular formula is C23H23N3O2. The molecule has 3 rings (SSSR count). The van der Waals surface area contributed by atoms with Crippen molar-refractivity contribution in [2.45, 2.75) is 6.61 Å². The fraction of sp³-hybridized carbons (Fsp3) is 0.130. The molecule has 0 spiro atoms. The lowest BCUT2D eigenvalue weighted by Gasteiger charge is -2.12. The van der Waals surface area contributed by atoms with Gasteiger partial charge < -0.3 is 9.64 Å². The van der Waals surface area contributed by atoms with Crippen molar-refractivity contribution in [3.63, 3.8) is 0 Å². The van der Waals surface area contributed by atoms with Gasteiger partial charge in [0.25, 0.3) is 5.91 Å². The fourth-order valence-electron chi connectivity index (χ4n) is 2.57. The van der Waals surface area contributed by atoms with E-state index in [0.717, 1.165) is 22.6 Å². The van der Waals surface area contributed by atoms with Crippen LogP contribution in [0.15, 0.2) is 84.0 Å². The van der Waals surface area contributed by atoms with Crippen LogP contribution in [0.3, 0.4) is 0 Å². The third-order valence-corrected chi connectivity index (χ3v) is 4.13. The number of hydrazone groups is 1. The molecule has 142 valence electrons. The van der Waals surface area contributed by atoms with Crippen LogP contribution in [0.2, 0.25) is 0 Å². The summed E-state index contributed by atoms with van der Waals surface area (Å²) in [5.41, 5.74) is 6.09. The SMILES string of the molecule is CN(C)c1ccc(C(=O)N/N=C/c2cccc(OCc3ccccc3)c2)cc1. The highest BCUT2D eigenvalue weighted by Crippen LogP contribution is 2.14. The molecule has 5 nitrogen and oxygen atoms in total. The number of carbonyl (C=O) groups excluding carboxylic acids is 1. The summed E-state index contributed by atoms with van der Waals surface area (Å²) in [6.07, 6.45) is 1.60. The maximum Gasteiger partial charge on any atom is 0.271 e. The Labute approximate surface area is 165 Å². The second-order valence-corrected chi connectivity index (χ2v) is 6.49. The van der Waals surface area contributed by atoms with Crippen molar-refractivity contribution in [1.29, 1.82) is 0 Å². The van der Waals surface area contributed by atoms with E-state index in [1.165, 1.54) is 0 Å². The number of anilines is 1. The monoisotopic (exact) mass is 373 g/mol. The third-order valence-electron chi connectivity index (χ3n) is 4.13. The first-order valence-corrected chi connectivity index (χ1v) is 8.99. The van der Waals surface area contributed by atoms with Gasteiger partial charge in [-0.15, -0.1) is 0 Å². The summed E-state index contributed by atoms with van der Waals surface area (Å²) in [4.78, 5) is 14.2. The van der Waals surface area contributed by atoms with Crippen LogP contribution in [0, 0.1) is 0 Å². The molecule has 1 amide bonds. The van der Waals surface area contributed by atoms with Gasteiger partial charge >= 0.3 is 0 Å². The van der Waals surface area contributed by atoms with E-state index in [-0.39, 0.29) is 5.91 Å². The van der Waals surface area contributed by atoms with Crippen molar-refractivity contribution in [3.8, 4) is 5.75 Å². The molecule has 3 aromatic rings. The van der Waals surface area contributed by atoms with Crippen LogP contribution in [0.5, 0.6) is 5.75 Å². The van der Waals surface area contributed by atoms with Crippen molar-refractivity contribution in [1.82, 2.24) is 5.43 Å². The molecule has 0 aromatic heterocycles. The van der Waals surface area contributed by atoms with E-state index in [0.29, 0.717) is 12.2 Å². The first kappa shape index (κ1) is 19.2. The second kappa shape index (κ2) is 9.37. The Morgan fingerprint density at radius 2 is 1.75 bits per heavy atom. The van der Waals surface area contributed by atoms with Gasteiger partial charge in [-0.3, -0.25) is 4.79 Å². The molecule has 0 radical (unpaired) electrons. The van der Waals surface area contributed by atoms with Crippen LogP contribution < -0.4 is 15.1 Å². The van der Waals surface area contributed by atoms with E-state index in [1.807, 2.05) is 85.7 Å². The van der Waals surface area contributed by atoms with Crippen LogP contribution in [0.25, 0.3) is 0 Å². The quantitative estimate of drug-likeness (QED) is 0.501. The van der Waals surface area contributed by atoms with Crippen LogP contribution in [0.4, 0.5) is 5.69 Å². The van der Waals surface area contributed by atoms with Gasteiger partial charge in [-0.1, -0.05) is 42.5 Å². The van der Waals surface area contributed by atoms with E-state index >= 15 is 0 Å². The topological polar surface area (TPSA) is 53.9 Å². The standard InChI is InChI=1S/C23H23N3O2/c1-26(2)21-13-11-20(12-14-21)23(27)25-24-16-19-9-6-10-22(15-19)28-17-18-7-4-3-5-8-18/h3-16H,17H2,1-2H3,(H,25,27)/b24-16+. The lowest BCUT2D eigenvalue weighted by molar-refractivity contribution is 0.0955. The summed E-state index contributed by atoms with van der Waals surface area (Å²) >= 11 is 0. The summed E-state index contributed by atoms with van der Waals surface area (Å²) in [5, 5.41) is 4.04. The van der Waals surface area contributed by atoms with E-state index in [2.05, 4.69) is 10.5 Å². The number of hydrogen-bond donors (Lipinski definition) is 1. The highest BCUT2D eigenvalue weighted by atomic mass is 16.5. The van der Waals surface area contributed by atoms with Gasteiger partial charge in [0.2, 0.25) is 0 Å². The van der Waals surface area contributed by atoms with E-state index in [1.54, 1.807) is 18.3 Å². The van der Waals surface area contributed by atoms with Crippen LogP contribution in [-0.2, 0) is 6.61 Å². The fourth-order valence-corrected chi connectivity index (χ4v) is 2.57. The molecule has 1 N–H and O–H groups in total. The zero-order valence-electron chi connectivity index (χ0n) is 16.0. The molecule has 0 saturated carbocycles. The van der Waals surface area contributed by atoms with Crippen LogP contribution in [0.1, 0.15) is 21.5 Å². The first-order chi connectivity index (χ1) is 13.6. The molecule has 0 saturated heterocycles. The number of hydrogen-bond acceptors (Lipinski definition) is 4. The van der Waals surface area contributed by atoms with Gasteiger partial charge in [-0.2, -0.15) is 5.10 Å². The van der Waals surface area contributed by atoms with Crippen LogP contribution >= 0.6 is 0 Å². The molecule has 28 heavy (non-hydrogen) atoms. The summed E-state index contributed by atoms with van der Waals surface area (Å²) in [6, 6.07) is 24.9. The zero-order valence-corrected chi connectivity index (χ0v) is 16.0. The average Bonchev–Trinajstić information content (AvgIpc) is 2.73.